The summed E-state index contributed by atoms with van der Waals surface area (Å²) in [4.78, 5) is 26.1. The average Bonchev–Trinajstić information content (AvgIpc) is 3.18. The number of ether oxygens (including phenoxy) is 1. The number of amides is 2. The normalized spacial score (nSPS) is 13.5. The number of para-hydroxylation sites is 1. The highest BCUT2D eigenvalue weighted by Crippen LogP contribution is 2.17. The molecule has 1 aliphatic heterocycles. The van der Waals surface area contributed by atoms with E-state index in [4.69, 9.17) is 4.74 Å². The average molecular weight is 356 g/mol. The first kappa shape index (κ1) is 17.9. The van der Waals surface area contributed by atoms with Gasteiger partial charge in [-0.05, 0) is 49.2 Å². The van der Waals surface area contributed by atoms with E-state index in [2.05, 4.69) is 5.32 Å². The van der Waals surface area contributed by atoms with E-state index >= 15 is 0 Å². The molecule has 0 radical (unpaired) electrons. The minimum atomic E-state index is -0.453. The number of nitrogens with zero attached hydrogens (tertiary/aromatic N) is 1. The van der Waals surface area contributed by atoms with Crippen LogP contribution in [0.5, 0.6) is 5.75 Å². The lowest BCUT2D eigenvalue weighted by Gasteiger charge is -2.15. The predicted octanol–water partition coefficient (Wildman–Crippen LogP) is 3.47. The summed E-state index contributed by atoms with van der Waals surface area (Å²) in [7, 11) is 0. The van der Waals surface area contributed by atoms with Crippen LogP contribution in [0.3, 0.4) is 0 Å². The van der Waals surface area contributed by atoms with Gasteiger partial charge in [0.05, 0.1) is 13.0 Å². The Kier molecular flexibility index (Phi) is 5.84. The van der Waals surface area contributed by atoms with E-state index in [1.165, 1.54) is 12.1 Å². The molecule has 1 aliphatic rings. The van der Waals surface area contributed by atoms with Crippen LogP contribution in [-0.4, -0.2) is 36.4 Å². The second kappa shape index (κ2) is 8.47. The molecule has 2 aromatic carbocycles. The second-order valence-corrected chi connectivity index (χ2v) is 6.15. The molecule has 0 bridgehead atoms. The molecule has 0 aliphatic carbocycles. The highest BCUT2D eigenvalue weighted by atomic mass is 19.1. The Labute approximate surface area is 151 Å². The minimum absolute atomic E-state index is 0.0265. The molecular weight excluding hydrogens is 335 g/mol. The van der Waals surface area contributed by atoms with Crippen LogP contribution in [0.25, 0.3) is 0 Å². The molecule has 0 saturated carbocycles. The molecule has 0 aromatic heterocycles. The van der Waals surface area contributed by atoms with Gasteiger partial charge in [0.25, 0.3) is 5.91 Å². The van der Waals surface area contributed by atoms with Gasteiger partial charge in [-0.1, -0.05) is 12.1 Å². The topological polar surface area (TPSA) is 58.6 Å². The number of benzene rings is 2. The number of carbonyl (C=O) groups excluding carboxylic acids is 2. The first-order valence-corrected chi connectivity index (χ1v) is 8.70. The van der Waals surface area contributed by atoms with Gasteiger partial charge in [-0.15, -0.1) is 0 Å². The van der Waals surface area contributed by atoms with E-state index in [-0.39, 0.29) is 30.6 Å². The lowest BCUT2D eigenvalue weighted by molar-refractivity contribution is -0.116. The van der Waals surface area contributed by atoms with Crippen molar-refractivity contribution in [3.05, 3.63) is 59.9 Å². The zero-order chi connectivity index (χ0) is 18.4. The molecule has 0 unspecified atom stereocenters. The van der Waals surface area contributed by atoms with Gasteiger partial charge in [0, 0.05) is 24.3 Å². The van der Waals surface area contributed by atoms with E-state index in [1.807, 2.05) is 4.90 Å². The van der Waals surface area contributed by atoms with Crippen LogP contribution < -0.4 is 10.1 Å². The number of hydrogen-bond acceptors (Lipinski definition) is 3. The summed E-state index contributed by atoms with van der Waals surface area (Å²) < 4.78 is 18.7. The van der Waals surface area contributed by atoms with Crippen LogP contribution in [0.15, 0.2) is 48.5 Å². The summed E-state index contributed by atoms with van der Waals surface area (Å²) in [6.45, 7) is 1.69. The van der Waals surface area contributed by atoms with Crippen molar-refractivity contribution in [1.29, 1.82) is 0 Å². The van der Waals surface area contributed by atoms with Crippen molar-refractivity contribution in [2.75, 3.05) is 25.0 Å². The monoisotopic (exact) mass is 356 g/mol. The van der Waals surface area contributed by atoms with Gasteiger partial charge in [-0.25, -0.2) is 4.39 Å². The first-order chi connectivity index (χ1) is 12.6. The number of nitrogens with one attached hydrogen (secondary N) is 1. The van der Waals surface area contributed by atoms with Crippen molar-refractivity contribution < 1.29 is 18.7 Å². The summed E-state index contributed by atoms with van der Waals surface area (Å²) >= 11 is 0. The second-order valence-electron chi connectivity index (χ2n) is 6.15. The lowest BCUT2D eigenvalue weighted by Crippen LogP contribution is -2.27. The molecule has 26 heavy (non-hydrogen) atoms. The predicted molar refractivity (Wildman–Crippen MR) is 96.7 cm³/mol. The summed E-state index contributed by atoms with van der Waals surface area (Å²) in [5.41, 5.74) is 1.23. The largest absolute Gasteiger partial charge is 0.490 e. The maximum atomic E-state index is 13.4. The molecule has 2 amide bonds. The van der Waals surface area contributed by atoms with Crippen LogP contribution in [-0.2, 0) is 4.79 Å². The first-order valence-electron chi connectivity index (χ1n) is 8.70. The zero-order valence-electron chi connectivity index (χ0n) is 14.4. The van der Waals surface area contributed by atoms with Gasteiger partial charge >= 0.3 is 0 Å². The SMILES string of the molecule is O=C(CCOc1ccccc1F)Nc1ccc(C(=O)N2CCCC2)cc1. The van der Waals surface area contributed by atoms with Crippen molar-refractivity contribution in [1.82, 2.24) is 4.90 Å². The third-order valence-corrected chi connectivity index (χ3v) is 4.23. The van der Waals surface area contributed by atoms with E-state index in [0.717, 1.165) is 25.9 Å². The molecule has 5 nitrogen and oxygen atoms in total. The lowest BCUT2D eigenvalue weighted by atomic mass is 10.2. The molecule has 6 heteroatoms. The van der Waals surface area contributed by atoms with Gasteiger partial charge in [0.2, 0.25) is 5.91 Å². The van der Waals surface area contributed by atoms with Gasteiger partial charge in [-0.2, -0.15) is 0 Å². The number of halogens is 1. The van der Waals surface area contributed by atoms with E-state index in [9.17, 15) is 14.0 Å². The Morgan fingerprint density at radius 2 is 1.73 bits per heavy atom. The summed E-state index contributed by atoms with van der Waals surface area (Å²) in [5, 5.41) is 2.74. The van der Waals surface area contributed by atoms with Crippen molar-refractivity contribution in [2.24, 2.45) is 0 Å². The van der Waals surface area contributed by atoms with Crippen molar-refractivity contribution in [3.63, 3.8) is 0 Å². The van der Waals surface area contributed by atoms with E-state index in [0.29, 0.717) is 11.3 Å². The number of carbonyl (C=O) groups is 2. The van der Waals surface area contributed by atoms with Gasteiger partial charge in [0.1, 0.15) is 0 Å². The van der Waals surface area contributed by atoms with Gasteiger partial charge in [-0.3, -0.25) is 9.59 Å². The fourth-order valence-corrected chi connectivity index (χ4v) is 2.84. The molecule has 1 N–H and O–H groups in total. The van der Waals surface area contributed by atoms with Crippen molar-refractivity contribution in [3.8, 4) is 5.75 Å². The third-order valence-electron chi connectivity index (χ3n) is 4.23. The minimum Gasteiger partial charge on any atom is -0.490 e. The van der Waals surface area contributed by atoms with Crippen molar-refractivity contribution in [2.45, 2.75) is 19.3 Å². The Balaban J connectivity index is 1.47. The van der Waals surface area contributed by atoms with Crippen LogP contribution >= 0.6 is 0 Å². The Morgan fingerprint density at radius 1 is 1.04 bits per heavy atom. The molecule has 1 fully saturated rings. The standard InChI is InChI=1S/C20H21FN2O3/c21-17-5-1-2-6-18(17)26-14-11-19(24)22-16-9-7-15(8-10-16)20(25)23-12-3-4-13-23/h1-2,5-10H,3-4,11-14H2,(H,22,24). The van der Waals surface area contributed by atoms with Crippen LogP contribution in [0, 0.1) is 5.82 Å². The van der Waals surface area contributed by atoms with E-state index < -0.39 is 5.82 Å². The van der Waals surface area contributed by atoms with Crippen LogP contribution in [0.1, 0.15) is 29.6 Å². The summed E-state index contributed by atoms with van der Waals surface area (Å²) in [5.74, 6) is -0.533. The number of likely N-dealkylation sites (tertiary alicyclic amines) is 1. The van der Waals surface area contributed by atoms with Crippen LogP contribution in [0.2, 0.25) is 0 Å². The molecule has 0 spiro atoms. The third kappa shape index (κ3) is 4.59. The smallest absolute Gasteiger partial charge is 0.253 e. The number of rotatable bonds is 6. The Bertz CT molecular complexity index is 771. The molecule has 0 atom stereocenters. The summed E-state index contributed by atoms with van der Waals surface area (Å²) in [6.07, 6.45) is 2.20. The number of hydrogen-bond donors (Lipinski definition) is 1. The fraction of sp³-hybridized carbons (Fsp3) is 0.300. The maximum Gasteiger partial charge on any atom is 0.253 e. The van der Waals surface area contributed by atoms with Gasteiger partial charge in [0.15, 0.2) is 11.6 Å². The molecule has 1 heterocycles. The quantitative estimate of drug-likeness (QED) is 0.862. The molecule has 1 saturated heterocycles. The fourth-order valence-electron chi connectivity index (χ4n) is 2.84. The molecular formula is C20H21FN2O3. The zero-order valence-corrected chi connectivity index (χ0v) is 14.4. The van der Waals surface area contributed by atoms with Crippen molar-refractivity contribution >= 4 is 17.5 Å². The number of anilines is 1. The highest BCUT2D eigenvalue weighted by Gasteiger charge is 2.19. The van der Waals surface area contributed by atoms with Crippen LogP contribution in [0.4, 0.5) is 10.1 Å². The molecule has 3 rings (SSSR count). The molecule has 2 aromatic rings. The van der Waals surface area contributed by atoms with E-state index in [1.54, 1.807) is 36.4 Å². The Morgan fingerprint density at radius 3 is 2.42 bits per heavy atom. The molecule has 136 valence electrons. The summed E-state index contributed by atoms with van der Waals surface area (Å²) in [6, 6.07) is 12.9. The maximum absolute atomic E-state index is 13.4. The highest BCUT2D eigenvalue weighted by molar-refractivity contribution is 5.96. The Hall–Kier alpha value is -2.89. The van der Waals surface area contributed by atoms with Gasteiger partial charge < -0.3 is 15.0 Å².